The molecule has 6 rings (SSSR count). The summed E-state index contributed by atoms with van der Waals surface area (Å²) in [5.74, 6) is 2.35. The number of nitrogens with zero attached hydrogens (tertiary/aromatic N) is 5. The van der Waals surface area contributed by atoms with Gasteiger partial charge >= 0.3 is 0 Å². The summed E-state index contributed by atoms with van der Waals surface area (Å²) in [5, 5.41) is 2.12. The average molecular weight is 599 g/mol. The van der Waals surface area contributed by atoms with E-state index >= 15 is 0 Å². The molecule has 6 aromatic rings. The van der Waals surface area contributed by atoms with Crippen molar-refractivity contribution in [3.63, 3.8) is 0 Å². The van der Waals surface area contributed by atoms with Crippen LogP contribution in [0.2, 0.25) is 0 Å². The quantitative estimate of drug-likeness (QED) is 0.190. The van der Waals surface area contributed by atoms with Crippen LogP contribution in [0, 0.1) is 34.6 Å². The smallest absolute Gasteiger partial charge is 0.227 e. The standard InChI is InChI=1S/C39H44N5O/c1-21-13-15-27-28-16-14-25(5)40-35(28)45-33(27)32(21)30-19-29(24(4)20-44(30)12)31-22(2)17-26(18-23(31)3)34-41-36(38(6,7)8)43-37(42-34)39(9,10)11/h13-20H,1-12H3/q+1. The van der Waals surface area contributed by atoms with Crippen LogP contribution in [0.4, 0.5) is 0 Å². The SMILES string of the molecule is Cc1ccc2c(n1)oc1c(-c3cc(-c4c(C)cc(-c5nc(C(C)(C)C)nc(C(C)(C)C)n5)cc4C)c(C)c[n+]3C)c(C)ccc12. The van der Waals surface area contributed by atoms with Crippen LogP contribution in [-0.4, -0.2) is 19.9 Å². The minimum atomic E-state index is -0.190. The molecule has 0 unspecified atom stereocenters. The molecule has 4 aromatic heterocycles. The van der Waals surface area contributed by atoms with Crippen molar-refractivity contribution in [1.29, 1.82) is 0 Å². The minimum Gasteiger partial charge on any atom is -0.437 e. The Bertz CT molecular complexity index is 2090. The summed E-state index contributed by atoms with van der Waals surface area (Å²) in [5.41, 5.74) is 12.5. The second-order valence-electron chi connectivity index (χ2n) is 14.7. The first-order chi connectivity index (χ1) is 21.0. The molecule has 0 saturated heterocycles. The summed E-state index contributed by atoms with van der Waals surface area (Å²) in [7, 11) is 2.11. The zero-order valence-corrected chi connectivity index (χ0v) is 28.8. The number of furan rings is 1. The van der Waals surface area contributed by atoms with Crippen LogP contribution < -0.4 is 4.57 Å². The summed E-state index contributed by atoms with van der Waals surface area (Å²) in [6.45, 7) is 23.6. The lowest BCUT2D eigenvalue weighted by atomic mass is 9.89. The molecule has 2 aromatic carbocycles. The normalized spacial score (nSPS) is 12.4. The van der Waals surface area contributed by atoms with Gasteiger partial charge in [-0.25, -0.2) is 24.5 Å². The summed E-state index contributed by atoms with van der Waals surface area (Å²) in [6, 6.07) is 15.3. The van der Waals surface area contributed by atoms with E-state index in [0.717, 1.165) is 61.9 Å². The van der Waals surface area contributed by atoms with Gasteiger partial charge in [0.2, 0.25) is 11.4 Å². The number of aromatic nitrogens is 5. The van der Waals surface area contributed by atoms with Gasteiger partial charge in [-0.3, -0.25) is 0 Å². The first kappa shape index (κ1) is 30.6. The highest BCUT2D eigenvalue weighted by Gasteiger charge is 2.27. The molecule has 0 spiro atoms. The molecule has 6 nitrogen and oxygen atoms in total. The van der Waals surface area contributed by atoms with Gasteiger partial charge in [-0.1, -0.05) is 53.7 Å². The van der Waals surface area contributed by atoms with Crippen molar-refractivity contribution in [2.45, 2.75) is 87.0 Å². The predicted molar refractivity (Wildman–Crippen MR) is 183 cm³/mol. The Hall–Kier alpha value is -4.45. The van der Waals surface area contributed by atoms with E-state index in [1.54, 1.807) is 0 Å². The first-order valence-corrected chi connectivity index (χ1v) is 15.7. The van der Waals surface area contributed by atoms with E-state index in [2.05, 4.69) is 128 Å². The lowest BCUT2D eigenvalue weighted by Crippen LogP contribution is -2.31. The number of hydrogen-bond donors (Lipinski definition) is 0. The summed E-state index contributed by atoms with van der Waals surface area (Å²) < 4.78 is 8.67. The van der Waals surface area contributed by atoms with E-state index in [9.17, 15) is 0 Å². The summed E-state index contributed by atoms with van der Waals surface area (Å²) >= 11 is 0. The molecule has 0 aliphatic carbocycles. The van der Waals surface area contributed by atoms with Gasteiger partial charge < -0.3 is 4.42 Å². The number of benzene rings is 2. The van der Waals surface area contributed by atoms with Crippen molar-refractivity contribution in [3.05, 3.63) is 88.3 Å². The molecule has 45 heavy (non-hydrogen) atoms. The lowest BCUT2D eigenvalue weighted by Gasteiger charge is -2.23. The Morgan fingerprint density at radius 2 is 1.22 bits per heavy atom. The van der Waals surface area contributed by atoms with E-state index in [-0.39, 0.29) is 10.8 Å². The third kappa shape index (κ3) is 5.41. The Kier molecular flexibility index (Phi) is 7.18. The van der Waals surface area contributed by atoms with Gasteiger partial charge in [0.05, 0.1) is 5.56 Å². The number of pyridine rings is 2. The summed E-state index contributed by atoms with van der Waals surface area (Å²) in [4.78, 5) is 19.5. The number of hydrogen-bond acceptors (Lipinski definition) is 5. The van der Waals surface area contributed by atoms with Crippen LogP contribution in [0.25, 0.3) is 55.8 Å². The largest absolute Gasteiger partial charge is 0.437 e. The molecule has 6 heteroatoms. The van der Waals surface area contributed by atoms with E-state index in [1.165, 1.54) is 27.8 Å². The zero-order valence-electron chi connectivity index (χ0n) is 28.8. The predicted octanol–water partition coefficient (Wildman–Crippen LogP) is 9.13. The van der Waals surface area contributed by atoms with E-state index in [4.69, 9.17) is 19.4 Å². The molecule has 0 atom stereocenters. The minimum absolute atomic E-state index is 0.190. The van der Waals surface area contributed by atoms with Gasteiger partial charge in [0, 0.05) is 44.5 Å². The van der Waals surface area contributed by atoms with Crippen LogP contribution in [0.5, 0.6) is 0 Å². The monoisotopic (exact) mass is 598 g/mol. The van der Waals surface area contributed by atoms with Crippen LogP contribution in [0.1, 0.15) is 81.1 Å². The maximum absolute atomic E-state index is 6.47. The number of rotatable bonds is 3. The molecule has 0 N–H and O–H groups in total. The van der Waals surface area contributed by atoms with Gasteiger partial charge in [-0.05, 0) is 86.7 Å². The Balaban J connectivity index is 1.53. The lowest BCUT2D eigenvalue weighted by molar-refractivity contribution is -0.660. The second-order valence-corrected chi connectivity index (χ2v) is 14.7. The van der Waals surface area contributed by atoms with Crippen molar-refractivity contribution in [2.75, 3.05) is 0 Å². The van der Waals surface area contributed by atoms with Gasteiger partial charge in [0.1, 0.15) is 18.7 Å². The molecule has 230 valence electrons. The Labute approximate surface area is 266 Å². The summed E-state index contributed by atoms with van der Waals surface area (Å²) in [6.07, 6.45) is 2.22. The molecule has 0 bridgehead atoms. The van der Waals surface area contributed by atoms with Gasteiger partial charge in [0.25, 0.3) is 0 Å². The molecule has 4 heterocycles. The van der Waals surface area contributed by atoms with Crippen LogP contribution in [-0.2, 0) is 17.9 Å². The Morgan fingerprint density at radius 1 is 0.622 bits per heavy atom. The first-order valence-electron chi connectivity index (χ1n) is 15.7. The molecule has 0 fully saturated rings. The fourth-order valence-corrected chi connectivity index (χ4v) is 6.22. The van der Waals surface area contributed by atoms with Crippen LogP contribution in [0.15, 0.2) is 53.1 Å². The highest BCUT2D eigenvalue weighted by Crippen LogP contribution is 2.39. The molecule has 0 radical (unpaired) electrons. The van der Waals surface area contributed by atoms with Gasteiger partial charge in [-0.2, -0.15) is 0 Å². The van der Waals surface area contributed by atoms with Crippen molar-refractivity contribution in [3.8, 4) is 33.8 Å². The third-order valence-electron chi connectivity index (χ3n) is 8.62. The third-order valence-corrected chi connectivity index (χ3v) is 8.62. The molecular weight excluding hydrogens is 554 g/mol. The fraction of sp³-hybridized carbons (Fsp3) is 0.359. The van der Waals surface area contributed by atoms with Crippen molar-refractivity contribution in [2.24, 2.45) is 7.05 Å². The van der Waals surface area contributed by atoms with Gasteiger partial charge in [-0.15, -0.1) is 0 Å². The molecule has 0 aliphatic heterocycles. The maximum atomic E-state index is 6.47. The topological polar surface area (TPSA) is 68.6 Å². The highest BCUT2D eigenvalue weighted by molar-refractivity contribution is 6.09. The van der Waals surface area contributed by atoms with E-state index < -0.39 is 0 Å². The number of aryl methyl sites for hydroxylation is 6. The van der Waals surface area contributed by atoms with Crippen molar-refractivity contribution >= 4 is 22.1 Å². The molecule has 0 amide bonds. The Morgan fingerprint density at radius 3 is 1.82 bits per heavy atom. The van der Waals surface area contributed by atoms with Crippen LogP contribution >= 0.6 is 0 Å². The second kappa shape index (κ2) is 10.6. The average Bonchev–Trinajstić information content (AvgIpc) is 3.30. The molecular formula is C39H44N5O+. The van der Waals surface area contributed by atoms with Crippen LogP contribution in [0.3, 0.4) is 0 Å². The van der Waals surface area contributed by atoms with Gasteiger partial charge in [0.15, 0.2) is 17.6 Å². The molecule has 0 saturated carbocycles. The highest BCUT2D eigenvalue weighted by atomic mass is 16.3. The fourth-order valence-electron chi connectivity index (χ4n) is 6.22. The van der Waals surface area contributed by atoms with Crippen molar-refractivity contribution < 1.29 is 8.98 Å². The van der Waals surface area contributed by atoms with E-state index in [0.29, 0.717) is 5.71 Å². The van der Waals surface area contributed by atoms with E-state index in [1.807, 2.05) is 13.0 Å². The van der Waals surface area contributed by atoms with Crippen molar-refractivity contribution in [1.82, 2.24) is 19.9 Å². The number of fused-ring (bicyclic) bond motifs is 3. The maximum Gasteiger partial charge on any atom is 0.227 e. The zero-order chi connectivity index (χ0) is 32.6. The molecule has 0 aliphatic rings.